The number of ketones is 1. The number of carbonyl (C=O) groups excluding carboxylic acids is 2. The third kappa shape index (κ3) is 3.18. The maximum absolute atomic E-state index is 12.2. The molecule has 0 unspecified atom stereocenters. The molecule has 3 rings (SSSR count). The Hall–Kier alpha value is -2.62. The molecule has 4 heteroatoms. The van der Waals surface area contributed by atoms with Gasteiger partial charge < -0.3 is 10.1 Å². The lowest BCUT2D eigenvalue weighted by molar-refractivity contribution is -0.118. The van der Waals surface area contributed by atoms with Crippen LogP contribution in [-0.4, -0.2) is 18.3 Å². The highest BCUT2D eigenvalue weighted by atomic mass is 16.5. The first-order valence-electron chi connectivity index (χ1n) is 8.11. The number of ether oxygens (including phenoxy) is 1. The van der Waals surface area contributed by atoms with Crippen molar-refractivity contribution in [2.45, 2.75) is 33.6 Å². The van der Waals surface area contributed by atoms with Crippen molar-refractivity contribution < 1.29 is 14.3 Å². The molecular formula is C20H21NO3. The van der Waals surface area contributed by atoms with Crippen LogP contribution in [0.2, 0.25) is 0 Å². The van der Waals surface area contributed by atoms with Gasteiger partial charge in [0.15, 0.2) is 12.4 Å². The SMILES string of the molecule is Cc1cc(C)c(NC(=O)COc2cccc3c2CCC3=O)c(C)c1. The van der Waals surface area contributed by atoms with Crippen molar-refractivity contribution in [3.8, 4) is 5.75 Å². The Balaban J connectivity index is 1.68. The molecular weight excluding hydrogens is 302 g/mol. The quantitative estimate of drug-likeness (QED) is 0.932. The summed E-state index contributed by atoms with van der Waals surface area (Å²) in [5.41, 5.74) is 5.71. The first kappa shape index (κ1) is 16.2. The van der Waals surface area contributed by atoms with Gasteiger partial charge in [-0.05, 0) is 44.4 Å². The van der Waals surface area contributed by atoms with Crippen LogP contribution in [0.3, 0.4) is 0 Å². The highest BCUT2D eigenvalue weighted by Gasteiger charge is 2.22. The lowest BCUT2D eigenvalue weighted by Crippen LogP contribution is -2.21. The van der Waals surface area contributed by atoms with Crippen molar-refractivity contribution in [1.29, 1.82) is 0 Å². The Morgan fingerprint density at radius 1 is 1.12 bits per heavy atom. The molecule has 4 nitrogen and oxygen atoms in total. The lowest BCUT2D eigenvalue weighted by Gasteiger charge is -2.14. The zero-order chi connectivity index (χ0) is 17.3. The summed E-state index contributed by atoms with van der Waals surface area (Å²) in [6.45, 7) is 5.92. The number of fused-ring (bicyclic) bond motifs is 1. The molecule has 0 radical (unpaired) electrons. The molecule has 1 amide bonds. The fraction of sp³-hybridized carbons (Fsp3) is 0.300. The standard InChI is InChI=1S/C20H21NO3/c1-12-9-13(2)20(14(3)10-12)21-19(23)11-24-18-6-4-5-15-16(18)7-8-17(15)22/h4-6,9-10H,7-8,11H2,1-3H3,(H,21,23). The lowest BCUT2D eigenvalue weighted by atomic mass is 10.1. The van der Waals surface area contributed by atoms with E-state index in [2.05, 4.69) is 5.32 Å². The first-order valence-corrected chi connectivity index (χ1v) is 8.11. The number of anilines is 1. The number of nitrogens with one attached hydrogen (secondary N) is 1. The molecule has 0 heterocycles. The number of amides is 1. The summed E-state index contributed by atoms with van der Waals surface area (Å²) in [5.74, 6) is 0.573. The fourth-order valence-corrected chi connectivity index (χ4v) is 3.29. The summed E-state index contributed by atoms with van der Waals surface area (Å²) in [7, 11) is 0. The number of rotatable bonds is 4. The molecule has 0 saturated heterocycles. The molecule has 0 spiro atoms. The Morgan fingerprint density at radius 3 is 2.54 bits per heavy atom. The van der Waals surface area contributed by atoms with Crippen LogP contribution in [0.4, 0.5) is 5.69 Å². The molecule has 124 valence electrons. The summed E-state index contributed by atoms with van der Waals surface area (Å²) < 4.78 is 5.67. The van der Waals surface area contributed by atoms with Gasteiger partial charge in [0, 0.05) is 23.2 Å². The van der Waals surface area contributed by atoms with Gasteiger partial charge in [0.25, 0.3) is 5.91 Å². The molecule has 24 heavy (non-hydrogen) atoms. The van der Waals surface area contributed by atoms with Crippen LogP contribution < -0.4 is 10.1 Å². The summed E-state index contributed by atoms with van der Waals surface area (Å²) in [5, 5.41) is 2.92. The van der Waals surface area contributed by atoms with E-state index in [0.29, 0.717) is 18.6 Å². The van der Waals surface area contributed by atoms with Crippen molar-refractivity contribution in [2.75, 3.05) is 11.9 Å². The topological polar surface area (TPSA) is 55.4 Å². The summed E-state index contributed by atoms with van der Waals surface area (Å²) in [6, 6.07) is 9.51. The van der Waals surface area contributed by atoms with E-state index in [1.165, 1.54) is 5.56 Å². The monoisotopic (exact) mass is 323 g/mol. The van der Waals surface area contributed by atoms with Crippen molar-refractivity contribution in [3.63, 3.8) is 0 Å². The predicted molar refractivity (Wildman–Crippen MR) is 93.9 cm³/mol. The molecule has 0 bridgehead atoms. The molecule has 2 aromatic rings. The second kappa shape index (κ2) is 6.48. The van der Waals surface area contributed by atoms with E-state index in [0.717, 1.165) is 27.9 Å². The normalized spacial score (nSPS) is 12.9. The summed E-state index contributed by atoms with van der Waals surface area (Å²) in [4.78, 5) is 24.0. The average Bonchev–Trinajstić information content (AvgIpc) is 2.91. The van der Waals surface area contributed by atoms with Gasteiger partial charge in [0.2, 0.25) is 0 Å². The molecule has 0 fully saturated rings. The fourth-order valence-electron chi connectivity index (χ4n) is 3.29. The second-order valence-electron chi connectivity index (χ2n) is 6.32. The zero-order valence-electron chi connectivity index (χ0n) is 14.2. The van der Waals surface area contributed by atoms with E-state index in [1.54, 1.807) is 6.07 Å². The number of Topliss-reactive ketones (excluding diaryl/α,β-unsaturated/α-hetero) is 1. The van der Waals surface area contributed by atoms with E-state index in [4.69, 9.17) is 4.74 Å². The van der Waals surface area contributed by atoms with Crippen molar-refractivity contribution >= 4 is 17.4 Å². The number of benzene rings is 2. The molecule has 1 aliphatic carbocycles. The summed E-state index contributed by atoms with van der Waals surface area (Å²) in [6.07, 6.45) is 1.20. The van der Waals surface area contributed by atoms with Crippen molar-refractivity contribution in [3.05, 3.63) is 58.1 Å². The molecule has 0 atom stereocenters. The first-order chi connectivity index (χ1) is 11.5. The highest BCUT2D eigenvalue weighted by molar-refractivity contribution is 6.01. The van der Waals surface area contributed by atoms with Gasteiger partial charge in [0.1, 0.15) is 5.75 Å². The smallest absolute Gasteiger partial charge is 0.262 e. The van der Waals surface area contributed by atoms with E-state index < -0.39 is 0 Å². The van der Waals surface area contributed by atoms with Gasteiger partial charge in [-0.15, -0.1) is 0 Å². The minimum Gasteiger partial charge on any atom is -0.483 e. The van der Waals surface area contributed by atoms with E-state index >= 15 is 0 Å². The van der Waals surface area contributed by atoms with Crippen LogP contribution in [0.1, 0.15) is 39.0 Å². The van der Waals surface area contributed by atoms with Crippen LogP contribution in [0.15, 0.2) is 30.3 Å². The molecule has 2 aromatic carbocycles. The Labute approximate surface area is 141 Å². The number of hydrogen-bond donors (Lipinski definition) is 1. The molecule has 0 aliphatic heterocycles. The zero-order valence-corrected chi connectivity index (χ0v) is 14.2. The third-order valence-electron chi connectivity index (χ3n) is 4.34. The maximum atomic E-state index is 12.2. The molecule has 1 aliphatic rings. The Bertz CT molecular complexity index is 801. The highest BCUT2D eigenvalue weighted by Crippen LogP contribution is 2.30. The minimum absolute atomic E-state index is 0.0720. The van der Waals surface area contributed by atoms with E-state index in [9.17, 15) is 9.59 Å². The van der Waals surface area contributed by atoms with Crippen molar-refractivity contribution in [2.24, 2.45) is 0 Å². The van der Waals surface area contributed by atoms with Gasteiger partial charge in [0.05, 0.1) is 0 Å². The van der Waals surface area contributed by atoms with Gasteiger partial charge in [-0.2, -0.15) is 0 Å². The Kier molecular flexibility index (Phi) is 4.38. The van der Waals surface area contributed by atoms with Crippen LogP contribution in [-0.2, 0) is 11.2 Å². The average molecular weight is 323 g/mol. The van der Waals surface area contributed by atoms with E-state index in [1.807, 2.05) is 45.0 Å². The summed E-state index contributed by atoms with van der Waals surface area (Å²) >= 11 is 0. The maximum Gasteiger partial charge on any atom is 0.262 e. The van der Waals surface area contributed by atoms with Crippen molar-refractivity contribution in [1.82, 2.24) is 0 Å². The van der Waals surface area contributed by atoms with Crippen LogP contribution in [0.25, 0.3) is 0 Å². The third-order valence-corrected chi connectivity index (χ3v) is 4.34. The van der Waals surface area contributed by atoms with Crippen LogP contribution in [0, 0.1) is 20.8 Å². The van der Waals surface area contributed by atoms with Crippen LogP contribution >= 0.6 is 0 Å². The van der Waals surface area contributed by atoms with Crippen LogP contribution in [0.5, 0.6) is 5.75 Å². The minimum atomic E-state index is -0.202. The second-order valence-corrected chi connectivity index (χ2v) is 6.32. The van der Waals surface area contributed by atoms with Gasteiger partial charge in [-0.25, -0.2) is 0 Å². The number of carbonyl (C=O) groups is 2. The van der Waals surface area contributed by atoms with Gasteiger partial charge in [-0.1, -0.05) is 29.8 Å². The Morgan fingerprint density at radius 2 is 1.83 bits per heavy atom. The molecule has 0 aromatic heterocycles. The number of aryl methyl sites for hydroxylation is 3. The van der Waals surface area contributed by atoms with E-state index in [-0.39, 0.29) is 18.3 Å². The largest absolute Gasteiger partial charge is 0.483 e. The van der Waals surface area contributed by atoms with Gasteiger partial charge >= 0.3 is 0 Å². The predicted octanol–water partition coefficient (Wildman–Crippen LogP) is 3.76. The molecule has 1 N–H and O–H groups in total. The molecule has 0 saturated carbocycles. The number of hydrogen-bond acceptors (Lipinski definition) is 3. The van der Waals surface area contributed by atoms with Gasteiger partial charge in [-0.3, -0.25) is 9.59 Å².